The Bertz CT molecular complexity index is 1300. The molecule has 0 spiro atoms. The zero-order chi connectivity index (χ0) is 20.4. The van der Waals surface area contributed by atoms with E-state index in [2.05, 4.69) is 22.1 Å². The van der Waals surface area contributed by atoms with E-state index >= 15 is 0 Å². The Labute approximate surface area is 172 Å². The van der Waals surface area contributed by atoms with E-state index in [1.807, 2.05) is 42.5 Å². The number of hydrogen-bond acceptors (Lipinski definition) is 5. The van der Waals surface area contributed by atoms with Gasteiger partial charge in [0.25, 0.3) is 0 Å². The van der Waals surface area contributed by atoms with Crippen LogP contribution in [0.25, 0.3) is 28.0 Å². The number of nitrogens with zero attached hydrogens (tertiary/aromatic N) is 3. The molecule has 6 heteroatoms. The Kier molecular flexibility index (Phi) is 3.47. The van der Waals surface area contributed by atoms with Crippen molar-refractivity contribution < 1.29 is 14.9 Å². The van der Waals surface area contributed by atoms with Gasteiger partial charge in [-0.25, -0.2) is 9.97 Å². The summed E-state index contributed by atoms with van der Waals surface area (Å²) in [5.74, 6) is 1.99. The Morgan fingerprint density at radius 3 is 2.33 bits per heavy atom. The van der Waals surface area contributed by atoms with Crippen molar-refractivity contribution in [2.75, 3.05) is 7.11 Å². The molecule has 0 amide bonds. The first-order valence-corrected chi connectivity index (χ1v) is 9.90. The van der Waals surface area contributed by atoms with Crippen molar-refractivity contribution in [3.63, 3.8) is 0 Å². The highest BCUT2D eigenvalue weighted by Gasteiger charge is 2.41. The van der Waals surface area contributed by atoms with Crippen molar-refractivity contribution in [1.82, 2.24) is 14.5 Å². The van der Waals surface area contributed by atoms with Gasteiger partial charge in [0.2, 0.25) is 11.8 Å². The fourth-order valence-corrected chi connectivity index (χ4v) is 4.71. The van der Waals surface area contributed by atoms with Crippen molar-refractivity contribution >= 4 is 10.9 Å². The van der Waals surface area contributed by atoms with E-state index in [0.29, 0.717) is 11.5 Å². The van der Waals surface area contributed by atoms with E-state index in [1.165, 1.54) is 4.57 Å². The summed E-state index contributed by atoms with van der Waals surface area (Å²) >= 11 is 0. The van der Waals surface area contributed by atoms with Gasteiger partial charge >= 0.3 is 0 Å². The Morgan fingerprint density at radius 2 is 1.67 bits per heavy atom. The van der Waals surface area contributed by atoms with Gasteiger partial charge in [-0.05, 0) is 42.8 Å². The number of benzene rings is 2. The zero-order valence-electron chi connectivity index (χ0n) is 16.3. The molecule has 2 bridgehead atoms. The molecule has 0 aliphatic heterocycles. The number of allylic oxidation sites excluding steroid dienone is 2. The van der Waals surface area contributed by atoms with Gasteiger partial charge in [-0.1, -0.05) is 12.2 Å². The minimum atomic E-state index is 0.126. The summed E-state index contributed by atoms with van der Waals surface area (Å²) in [4.78, 5) is 9.13. The van der Waals surface area contributed by atoms with E-state index in [1.54, 1.807) is 13.3 Å². The van der Waals surface area contributed by atoms with E-state index in [4.69, 9.17) is 4.74 Å². The Hall–Kier alpha value is -3.80. The number of rotatable bonds is 3. The number of aromatic hydroxyl groups is 2. The van der Waals surface area contributed by atoms with Gasteiger partial charge in [-0.3, -0.25) is 4.57 Å². The number of fused-ring (bicyclic) bond motifs is 6. The van der Waals surface area contributed by atoms with Crippen molar-refractivity contribution in [2.24, 2.45) is 0 Å². The SMILES string of the molecule is COc1ccc2cnc(-c3ccc(-n4c(O)c5c(c4O)[C@H]4C=CC5C4)cc3)nc2c1. The first-order valence-electron chi connectivity index (χ1n) is 9.90. The number of ether oxygens (including phenoxy) is 1. The van der Waals surface area contributed by atoms with Crippen molar-refractivity contribution in [3.05, 3.63) is 71.9 Å². The fourth-order valence-electron chi connectivity index (χ4n) is 4.71. The monoisotopic (exact) mass is 397 g/mol. The minimum absolute atomic E-state index is 0.126. The molecule has 2 aliphatic rings. The highest BCUT2D eigenvalue weighted by molar-refractivity contribution is 5.81. The summed E-state index contributed by atoms with van der Waals surface area (Å²) in [5.41, 5.74) is 4.07. The molecule has 2 aliphatic carbocycles. The fraction of sp³-hybridized carbons (Fsp3) is 0.167. The van der Waals surface area contributed by atoms with Crippen LogP contribution < -0.4 is 4.74 Å². The van der Waals surface area contributed by atoms with Crippen LogP contribution >= 0.6 is 0 Å². The molecule has 0 saturated heterocycles. The van der Waals surface area contributed by atoms with Crippen molar-refractivity contribution in [3.8, 4) is 34.6 Å². The maximum Gasteiger partial charge on any atom is 0.202 e. The van der Waals surface area contributed by atoms with Crippen LogP contribution in [0, 0.1) is 0 Å². The molecule has 0 fully saturated rings. The molecule has 2 aromatic carbocycles. The number of aromatic nitrogens is 3. The highest BCUT2D eigenvalue weighted by Crippen LogP contribution is 2.57. The highest BCUT2D eigenvalue weighted by atomic mass is 16.5. The van der Waals surface area contributed by atoms with Gasteiger partial charge in [-0.15, -0.1) is 0 Å². The summed E-state index contributed by atoms with van der Waals surface area (Å²) in [6.07, 6.45) is 6.97. The van der Waals surface area contributed by atoms with Gasteiger partial charge in [-0.2, -0.15) is 0 Å². The van der Waals surface area contributed by atoms with Crippen LogP contribution in [0.2, 0.25) is 0 Å². The van der Waals surface area contributed by atoms with Crippen LogP contribution in [0.15, 0.2) is 60.8 Å². The second-order valence-electron chi connectivity index (χ2n) is 7.81. The molecule has 0 saturated carbocycles. The van der Waals surface area contributed by atoms with Crippen LogP contribution in [-0.4, -0.2) is 31.9 Å². The summed E-state index contributed by atoms with van der Waals surface area (Å²) in [6, 6.07) is 13.2. The largest absolute Gasteiger partial charge is 0.497 e. The predicted octanol–water partition coefficient (Wildman–Crippen LogP) is 4.65. The van der Waals surface area contributed by atoms with Crippen LogP contribution in [0.4, 0.5) is 0 Å². The lowest BCUT2D eigenvalue weighted by Crippen LogP contribution is -1.96. The molecule has 0 radical (unpaired) electrons. The van der Waals surface area contributed by atoms with Gasteiger partial charge < -0.3 is 14.9 Å². The summed E-state index contributed by atoms with van der Waals surface area (Å²) in [7, 11) is 1.63. The van der Waals surface area contributed by atoms with Crippen LogP contribution in [-0.2, 0) is 0 Å². The molecule has 6 rings (SSSR count). The third-order valence-electron chi connectivity index (χ3n) is 6.19. The molecular formula is C24H19N3O3. The second-order valence-corrected chi connectivity index (χ2v) is 7.81. The molecule has 2 aromatic heterocycles. The molecule has 2 heterocycles. The molecule has 148 valence electrons. The van der Waals surface area contributed by atoms with Gasteiger partial charge in [0, 0.05) is 46.2 Å². The maximum atomic E-state index is 10.8. The van der Waals surface area contributed by atoms with Gasteiger partial charge in [0.05, 0.1) is 18.3 Å². The number of methoxy groups -OCH3 is 1. The molecular weight excluding hydrogens is 378 g/mol. The molecule has 30 heavy (non-hydrogen) atoms. The molecule has 2 N–H and O–H groups in total. The topological polar surface area (TPSA) is 80.4 Å². The normalized spacial score (nSPS) is 18.8. The van der Waals surface area contributed by atoms with E-state index in [-0.39, 0.29) is 23.6 Å². The Morgan fingerprint density at radius 1 is 0.967 bits per heavy atom. The third kappa shape index (κ3) is 2.30. The third-order valence-corrected chi connectivity index (χ3v) is 6.19. The molecule has 1 unspecified atom stereocenters. The Balaban J connectivity index is 1.39. The zero-order valence-corrected chi connectivity index (χ0v) is 16.3. The van der Waals surface area contributed by atoms with Crippen molar-refractivity contribution in [2.45, 2.75) is 18.3 Å². The average molecular weight is 397 g/mol. The minimum Gasteiger partial charge on any atom is -0.497 e. The lowest BCUT2D eigenvalue weighted by Gasteiger charge is -2.10. The lowest BCUT2D eigenvalue weighted by atomic mass is 10.0. The van der Waals surface area contributed by atoms with Gasteiger partial charge in [0.1, 0.15) is 5.75 Å². The quantitative estimate of drug-likeness (QED) is 0.492. The van der Waals surface area contributed by atoms with Crippen molar-refractivity contribution in [1.29, 1.82) is 0 Å². The summed E-state index contributed by atoms with van der Waals surface area (Å²) in [5, 5.41) is 22.5. The second kappa shape index (κ2) is 6.10. The standard InChI is InChI=1S/C24H19N3O3/c1-30-18-9-6-16-12-25-22(26-19(16)11-18)13-4-7-17(8-5-13)27-23(28)20-14-2-3-15(10-14)21(20)24(27)29/h2-9,11-12,14-15,28-29H,10H2,1H3/t14-,15?/m0/s1. The number of hydrogen-bond donors (Lipinski definition) is 2. The summed E-state index contributed by atoms with van der Waals surface area (Å²) < 4.78 is 6.81. The molecule has 6 nitrogen and oxygen atoms in total. The lowest BCUT2D eigenvalue weighted by molar-refractivity contribution is 0.395. The van der Waals surface area contributed by atoms with Gasteiger partial charge in [0.15, 0.2) is 5.82 Å². The molecule has 2 atom stereocenters. The smallest absolute Gasteiger partial charge is 0.202 e. The maximum absolute atomic E-state index is 10.8. The van der Waals surface area contributed by atoms with E-state index in [9.17, 15) is 10.2 Å². The first kappa shape index (κ1) is 17.1. The van der Waals surface area contributed by atoms with E-state index < -0.39 is 0 Å². The first-order chi connectivity index (χ1) is 14.6. The van der Waals surface area contributed by atoms with Crippen LogP contribution in [0.1, 0.15) is 29.4 Å². The van der Waals surface area contributed by atoms with Crippen LogP contribution in [0.3, 0.4) is 0 Å². The molecule has 4 aromatic rings. The van der Waals surface area contributed by atoms with Crippen LogP contribution in [0.5, 0.6) is 17.5 Å². The summed E-state index contributed by atoms with van der Waals surface area (Å²) in [6.45, 7) is 0. The predicted molar refractivity (Wildman–Crippen MR) is 113 cm³/mol. The average Bonchev–Trinajstić information content (AvgIpc) is 3.47. The van der Waals surface area contributed by atoms with E-state index in [0.717, 1.165) is 39.8 Å².